The molecule has 0 aromatic carbocycles. The Kier molecular flexibility index (Phi) is 7.66. The number of rotatable bonds is 9. The zero-order valence-corrected chi connectivity index (χ0v) is 17.3. The van der Waals surface area contributed by atoms with E-state index in [1.807, 2.05) is 6.07 Å². The number of hydrogen-bond donors (Lipinski definition) is 3. The zero-order valence-electron chi connectivity index (χ0n) is 17.3. The Labute approximate surface area is 180 Å². The standard InChI is InChI=1S/C22H27N5O4/c23-12-20(29)27(14-18(22(30)31)16-5-2-10-24-13-16)19(28)7-1-6-17-9-8-15-4-3-11-25-21(15)26-17/h2,5,8-10,13,18H,1,3-4,6-7,11-12,14,23H2,(H,25,26)(H,30,31)/t18-/m1/s1. The number of nitrogens with one attached hydrogen (secondary N) is 1. The van der Waals surface area contributed by atoms with Crippen LogP contribution in [-0.2, 0) is 27.2 Å². The van der Waals surface area contributed by atoms with E-state index in [1.54, 1.807) is 12.1 Å². The lowest BCUT2D eigenvalue weighted by Gasteiger charge is -2.24. The summed E-state index contributed by atoms with van der Waals surface area (Å²) in [6.45, 7) is 0.250. The number of hydrogen-bond acceptors (Lipinski definition) is 7. The van der Waals surface area contributed by atoms with E-state index in [2.05, 4.69) is 21.4 Å². The molecule has 9 heteroatoms. The van der Waals surface area contributed by atoms with E-state index in [4.69, 9.17) is 5.73 Å². The zero-order chi connectivity index (χ0) is 22.2. The number of amides is 2. The number of nitrogens with zero attached hydrogens (tertiary/aromatic N) is 3. The second-order valence-electron chi connectivity index (χ2n) is 7.47. The molecule has 0 aliphatic carbocycles. The maximum atomic E-state index is 12.8. The van der Waals surface area contributed by atoms with Crippen molar-refractivity contribution in [3.8, 4) is 0 Å². The lowest BCUT2D eigenvalue weighted by Crippen LogP contribution is -2.44. The molecule has 0 radical (unpaired) electrons. The fourth-order valence-corrected chi connectivity index (χ4v) is 3.61. The van der Waals surface area contributed by atoms with E-state index >= 15 is 0 Å². The minimum absolute atomic E-state index is 0.0946. The molecule has 1 aliphatic heterocycles. The number of anilines is 1. The molecule has 3 heterocycles. The molecule has 9 nitrogen and oxygen atoms in total. The van der Waals surface area contributed by atoms with Gasteiger partial charge in [-0.2, -0.15) is 0 Å². The molecule has 3 rings (SSSR count). The average molecular weight is 425 g/mol. The minimum Gasteiger partial charge on any atom is -0.481 e. The largest absolute Gasteiger partial charge is 0.481 e. The predicted octanol–water partition coefficient (Wildman–Crippen LogP) is 1.34. The smallest absolute Gasteiger partial charge is 0.312 e. The van der Waals surface area contributed by atoms with Gasteiger partial charge in [0.05, 0.1) is 6.54 Å². The number of aliphatic carboxylic acids is 1. The van der Waals surface area contributed by atoms with Gasteiger partial charge >= 0.3 is 5.97 Å². The molecule has 2 amide bonds. The van der Waals surface area contributed by atoms with Crippen molar-refractivity contribution in [3.63, 3.8) is 0 Å². The number of carbonyl (C=O) groups is 3. The highest BCUT2D eigenvalue weighted by atomic mass is 16.4. The van der Waals surface area contributed by atoms with Gasteiger partial charge in [-0.05, 0) is 48.9 Å². The number of pyridine rings is 2. The van der Waals surface area contributed by atoms with Crippen LogP contribution in [0.5, 0.6) is 0 Å². The summed E-state index contributed by atoms with van der Waals surface area (Å²) in [6.07, 6.45) is 6.21. The third-order valence-electron chi connectivity index (χ3n) is 5.30. The van der Waals surface area contributed by atoms with Crippen molar-refractivity contribution in [1.82, 2.24) is 14.9 Å². The fourth-order valence-electron chi connectivity index (χ4n) is 3.61. The maximum Gasteiger partial charge on any atom is 0.312 e. The predicted molar refractivity (Wildman–Crippen MR) is 114 cm³/mol. The topological polar surface area (TPSA) is 139 Å². The van der Waals surface area contributed by atoms with Crippen molar-refractivity contribution in [1.29, 1.82) is 0 Å². The number of fused-ring (bicyclic) bond motifs is 1. The quantitative estimate of drug-likeness (QED) is 0.547. The molecule has 2 aromatic rings. The second-order valence-corrected chi connectivity index (χ2v) is 7.47. The van der Waals surface area contributed by atoms with Crippen LogP contribution in [0.2, 0.25) is 0 Å². The third-order valence-corrected chi connectivity index (χ3v) is 5.30. The molecule has 0 unspecified atom stereocenters. The van der Waals surface area contributed by atoms with Crippen molar-refractivity contribution < 1.29 is 19.5 Å². The van der Waals surface area contributed by atoms with Gasteiger partial charge in [-0.25, -0.2) is 4.98 Å². The highest BCUT2D eigenvalue weighted by molar-refractivity contribution is 5.96. The van der Waals surface area contributed by atoms with Crippen LogP contribution < -0.4 is 11.1 Å². The molecule has 0 saturated heterocycles. The first-order chi connectivity index (χ1) is 15.0. The van der Waals surface area contributed by atoms with E-state index in [9.17, 15) is 19.5 Å². The molecule has 0 fully saturated rings. The van der Waals surface area contributed by atoms with Crippen LogP contribution >= 0.6 is 0 Å². The summed E-state index contributed by atoms with van der Waals surface area (Å²) >= 11 is 0. The highest BCUT2D eigenvalue weighted by Crippen LogP contribution is 2.21. The molecule has 164 valence electrons. The summed E-state index contributed by atoms with van der Waals surface area (Å²) < 4.78 is 0. The van der Waals surface area contributed by atoms with E-state index < -0.39 is 23.7 Å². The second kappa shape index (κ2) is 10.6. The molecule has 0 saturated carbocycles. The van der Waals surface area contributed by atoms with Gasteiger partial charge in [-0.15, -0.1) is 0 Å². The van der Waals surface area contributed by atoms with Crippen LogP contribution in [0.15, 0.2) is 36.7 Å². The van der Waals surface area contributed by atoms with Gasteiger partial charge in [0.25, 0.3) is 0 Å². The number of carbonyl (C=O) groups excluding carboxylic acids is 2. The Morgan fingerprint density at radius 1 is 1.23 bits per heavy atom. The van der Waals surface area contributed by atoms with Crippen molar-refractivity contribution in [2.24, 2.45) is 5.73 Å². The number of carboxylic acid groups (broad SMARTS) is 1. The monoisotopic (exact) mass is 425 g/mol. The lowest BCUT2D eigenvalue weighted by molar-refractivity contribution is -0.146. The van der Waals surface area contributed by atoms with Gasteiger partial charge in [0.1, 0.15) is 11.7 Å². The maximum absolute atomic E-state index is 12.8. The van der Waals surface area contributed by atoms with Gasteiger partial charge in [-0.3, -0.25) is 24.3 Å². The molecular weight excluding hydrogens is 398 g/mol. The van der Waals surface area contributed by atoms with Crippen molar-refractivity contribution in [2.45, 2.75) is 38.0 Å². The Morgan fingerprint density at radius 2 is 2.06 bits per heavy atom. The number of carboxylic acids is 1. The Hall–Kier alpha value is -3.33. The fraction of sp³-hybridized carbons (Fsp3) is 0.409. The SMILES string of the molecule is NCC(=O)N(C[C@@H](C(=O)O)c1cccnc1)C(=O)CCCc1ccc2c(n1)NCCC2. The Bertz CT molecular complexity index is 935. The van der Waals surface area contributed by atoms with Gasteiger partial charge in [0.2, 0.25) is 11.8 Å². The van der Waals surface area contributed by atoms with E-state index in [-0.39, 0.29) is 19.5 Å². The highest BCUT2D eigenvalue weighted by Gasteiger charge is 2.29. The van der Waals surface area contributed by atoms with Crippen LogP contribution in [0.1, 0.15) is 42.0 Å². The van der Waals surface area contributed by atoms with Crippen LogP contribution in [0.4, 0.5) is 5.82 Å². The molecule has 31 heavy (non-hydrogen) atoms. The van der Waals surface area contributed by atoms with Crippen LogP contribution in [0.25, 0.3) is 0 Å². The normalized spacial score (nSPS) is 13.6. The molecule has 1 aliphatic rings. The Balaban J connectivity index is 1.63. The number of aromatic nitrogens is 2. The van der Waals surface area contributed by atoms with Crippen molar-refractivity contribution >= 4 is 23.6 Å². The lowest BCUT2D eigenvalue weighted by atomic mass is 10.00. The van der Waals surface area contributed by atoms with Crippen molar-refractivity contribution in [3.05, 3.63) is 53.5 Å². The van der Waals surface area contributed by atoms with E-state index in [1.165, 1.54) is 18.0 Å². The van der Waals surface area contributed by atoms with Gasteiger partial charge in [0.15, 0.2) is 0 Å². The van der Waals surface area contributed by atoms with E-state index in [0.717, 1.165) is 35.8 Å². The summed E-state index contributed by atoms with van der Waals surface area (Å²) in [4.78, 5) is 46.3. The average Bonchev–Trinajstić information content (AvgIpc) is 2.79. The van der Waals surface area contributed by atoms with Gasteiger partial charge in [0, 0.05) is 37.6 Å². The molecule has 2 aromatic heterocycles. The van der Waals surface area contributed by atoms with E-state index in [0.29, 0.717) is 18.4 Å². The Morgan fingerprint density at radius 3 is 2.77 bits per heavy atom. The summed E-state index contributed by atoms with van der Waals surface area (Å²) in [5.41, 5.74) is 7.95. The molecule has 0 bridgehead atoms. The molecule has 0 spiro atoms. The first-order valence-corrected chi connectivity index (χ1v) is 10.4. The van der Waals surface area contributed by atoms with Crippen LogP contribution in [0, 0.1) is 0 Å². The minimum atomic E-state index is -1.14. The third kappa shape index (κ3) is 5.85. The summed E-state index contributed by atoms with van der Waals surface area (Å²) in [5, 5.41) is 12.9. The molecule has 1 atom stereocenters. The summed E-state index contributed by atoms with van der Waals surface area (Å²) in [6, 6.07) is 7.24. The summed E-state index contributed by atoms with van der Waals surface area (Å²) in [5.74, 6) is -2.35. The molecular formula is C22H27N5O4. The first-order valence-electron chi connectivity index (χ1n) is 10.4. The van der Waals surface area contributed by atoms with Crippen LogP contribution in [0.3, 0.4) is 0 Å². The first kappa shape index (κ1) is 22.4. The molecule has 4 N–H and O–H groups in total. The van der Waals surface area contributed by atoms with Crippen molar-refractivity contribution in [2.75, 3.05) is 25.0 Å². The van der Waals surface area contributed by atoms with Gasteiger partial charge in [-0.1, -0.05) is 12.1 Å². The summed E-state index contributed by atoms with van der Waals surface area (Å²) in [7, 11) is 0. The number of aryl methyl sites for hydroxylation is 2. The van der Waals surface area contributed by atoms with Gasteiger partial charge < -0.3 is 16.2 Å². The number of nitrogens with two attached hydrogens (primary N) is 1. The van der Waals surface area contributed by atoms with Crippen LogP contribution in [-0.4, -0.2) is 57.4 Å². The number of imide groups is 1.